The second kappa shape index (κ2) is 5.05. The van der Waals surface area contributed by atoms with Gasteiger partial charge in [-0.3, -0.25) is 0 Å². The average Bonchev–Trinajstić information content (AvgIpc) is 2.29. The Kier molecular flexibility index (Phi) is 3.91. The minimum absolute atomic E-state index is 0.173. The van der Waals surface area contributed by atoms with Gasteiger partial charge in [0.05, 0.1) is 11.7 Å². The number of nitrogens with one attached hydrogen (secondary N) is 1. The van der Waals surface area contributed by atoms with Crippen molar-refractivity contribution in [2.75, 3.05) is 13.1 Å². The highest BCUT2D eigenvalue weighted by molar-refractivity contribution is 4.94. The van der Waals surface area contributed by atoms with E-state index in [2.05, 4.69) is 26.1 Å². The first-order chi connectivity index (χ1) is 7.65. The van der Waals surface area contributed by atoms with Gasteiger partial charge >= 0.3 is 0 Å². The van der Waals surface area contributed by atoms with Gasteiger partial charge < -0.3 is 10.1 Å². The van der Waals surface area contributed by atoms with Gasteiger partial charge in [-0.2, -0.15) is 0 Å². The minimum atomic E-state index is 0.173. The van der Waals surface area contributed by atoms with E-state index in [4.69, 9.17) is 4.74 Å². The third-order valence-electron chi connectivity index (χ3n) is 4.48. The van der Waals surface area contributed by atoms with Gasteiger partial charge in [-0.25, -0.2) is 0 Å². The quantitative estimate of drug-likeness (QED) is 0.780. The predicted octanol–water partition coefficient (Wildman–Crippen LogP) is 2.97. The Labute approximate surface area is 100 Å². The average molecular weight is 225 g/mol. The monoisotopic (exact) mass is 225 g/mol. The number of rotatable bonds is 2. The zero-order valence-corrected chi connectivity index (χ0v) is 11.1. The van der Waals surface area contributed by atoms with Crippen molar-refractivity contribution in [1.82, 2.24) is 5.32 Å². The molecule has 1 N–H and O–H groups in total. The molecule has 94 valence electrons. The third kappa shape index (κ3) is 2.60. The van der Waals surface area contributed by atoms with E-state index in [1.165, 1.54) is 25.7 Å². The van der Waals surface area contributed by atoms with Crippen LogP contribution in [-0.2, 0) is 4.74 Å². The number of hydrogen-bond donors (Lipinski definition) is 1. The molecule has 2 rings (SSSR count). The molecule has 2 nitrogen and oxygen atoms in total. The maximum absolute atomic E-state index is 6.38. The molecule has 0 aromatic carbocycles. The molecule has 2 aliphatic rings. The molecular formula is C14H27NO. The molecule has 16 heavy (non-hydrogen) atoms. The predicted molar refractivity (Wildman–Crippen MR) is 67.6 cm³/mol. The van der Waals surface area contributed by atoms with E-state index in [1.807, 2.05) is 0 Å². The van der Waals surface area contributed by atoms with Crippen LogP contribution < -0.4 is 5.32 Å². The van der Waals surface area contributed by atoms with Crippen LogP contribution in [0.3, 0.4) is 0 Å². The zero-order valence-electron chi connectivity index (χ0n) is 11.1. The Morgan fingerprint density at radius 2 is 2.25 bits per heavy atom. The molecule has 0 amide bonds. The zero-order chi connectivity index (χ0) is 11.6. The van der Waals surface area contributed by atoms with Crippen LogP contribution in [0.25, 0.3) is 0 Å². The van der Waals surface area contributed by atoms with Crippen LogP contribution in [-0.4, -0.2) is 24.8 Å². The van der Waals surface area contributed by atoms with E-state index >= 15 is 0 Å². The van der Waals surface area contributed by atoms with Gasteiger partial charge in [-0.05, 0) is 37.5 Å². The molecule has 3 atom stereocenters. The highest BCUT2D eigenvalue weighted by Crippen LogP contribution is 2.40. The summed E-state index contributed by atoms with van der Waals surface area (Å²) in [5.74, 6) is 1.67. The van der Waals surface area contributed by atoms with E-state index < -0.39 is 0 Å². The molecule has 0 bridgehead atoms. The van der Waals surface area contributed by atoms with Crippen molar-refractivity contribution < 1.29 is 4.74 Å². The Bertz CT molecular complexity index is 225. The molecule has 1 heterocycles. The van der Waals surface area contributed by atoms with Gasteiger partial charge in [-0.15, -0.1) is 0 Å². The van der Waals surface area contributed by atoms with Gasteiger partial charge in [0.2, 0.25) is 0 Å². The number of morpholine rings is 1. The lowest BCUT2D eigenvalue weighted by Crippen LogP contribution is -2.56. The first kappa shape index (κ1) is 12.4. The van der Waals surface area contributed by atoms with Crippen molar-refractivity contribution in [3.05, 3.63) is 0 Å². The fourth-order valence-corrected chi connectivity index (χ4v) is 3.33. The second-order valence-electron chi connectivity index (χ2n) is 6.06. The first-order valence-corrected chi connectivity index (χ1v) is 7.04. The Morgan fingerprint density at radius 1 is 1.44 bits per heavy atom. The second-order valence-corrected chi connectivity index (χ2v) is 6.06. The topological polar surface area (TPSA) is 21.3 Å². The molecule has 0 aromatic rings. The van der Waals surface area contributed by atoms with Crippen molar-refractivity contribution in [2.45, 2.75) is 64.6 Å². The van der Waals surface area contributed by atoms with Crippen molar-refractivity contribution in [3.8, 4) is 0 Å². The molecule has 1 spiro atoms. The SMILES string of the molecule is CCC1CNCC2(CCCC(C(C)C)C2)O1. The Balaban J connectivity index is 2.00. The van der Waals surface area contributed by atoms with E-state index in [0.717, 1.165) is 31.3 Å². The highest BCUT2D eigenvalue weighted by Gasteiger charge is 2.41. The number of hydrogen-bond acceptors (Lipinski definition) is 2. The van der Waals surface area contributed by atoms with Crippen LogP contribution in [0.1, 0.15) is 52.9 Å². The molecule has 1 saturated carbocycles. The fraction of sp³-hybridized carbons (Fsp3) is 1.00. The van der Waals surface area contributed by atoms with Gasteiger partial charge in [0.1, 0.15) is 0 Å². The standard InChI is InChI=1S/C14H27NO/c1-4-13-9-15-10-14(16-13)7-5-6-12(8-14)11(2)3/h11-13,15H,4-10H2,1-3H3. The van der Waals surface area contributed by atoms with E-state index in [9.17, 15) is 0 Å². The molecule has 2 fully saturated rings. The van der Waals surface area contributed by atoms with Crippen LogP contribution in [0, 0.1) is 11.8 Å². The summed E-state index contributed by atoms with van der Waals surface area (Å²) in [6.45, 7) is 9.07. The van der Waals surface area contributed by atoms with Crippen LogP contribution in [0.4, 0.5) is 0 Å². The van der Waals surface area contributed by atoms with Gasteiger partial charge in [0.15, 0.2) is 0 Å². The molecule has 1 aliphatic heterocycles. The third-order valence-corrected chi connectivity index (χ3v) is 4.48. The summed E-state index contributed by atoms with van der Waals surface area (Å²) in [6.07, 6.45) is 6.87. The molecule has 2 heteroatoms. The van der Waals surface area contributed by atoms with E-state index in [-0.39, 0.29) is 5.60 Å². The lowest BCUT2D eigenvalue weighted by molar-refractivity contribution is -0.145. The molecule has 0 radical (unpaired) electrons. The molecule has 0 aromatic heterocycles. The van der Waals surface area contributed by atoms with Gasteiger partial charge in [0.25, 0.3) is 0 Å². The van der Waals surface area contributed by atoms with E-state index in [0.29, 0.717) is 6.10 Å². The summed E-state index contributed by atoms with van der Waals surface area (Å²) in [5.41, 5.74) is 0.173. The molecular weight excluding hydrogens is 198 g/mol. The van der Waals surface area contributed by atoms with Crippen LogP contribution in [0.5, 0.6) is 0 Å². The summed E-state index contributed by atoms with van der Waals surface area (Å²) in [4.78, 5) is 0. The molecule has 3 unspecified atom stereocenters. The normalized spacial score (nSPS) is 40.5. The first-order valence-electron chi connectivity index (χ1n) is 7.04. The highest BCUT2D eigenvalue weighted by atomic mass is 16.5. The van der Waals surface area contributed by atoms with Gasteiger partial charge in [-0.1, -0.05) is 27.2 Å². The van der Waals surface area contributed by atoms with Crippen LogP contribution in [0.15, 0.2) is 0 Å². The van der Waals surface area contributed by atoms with Crippen molar-refractivity contribution >= 4 is 0 Å². The summed E-state index contributed by atoms with van der Waals surface area (Å²) < 4.78 is 6.38. The summed E-state index contributed by atoms with van der Waals surface area (Å²) in [5, 5.41) is 3.58. The fourth-order valence-electron chi connectivity index (χ4n) is 3.33. The van der Waals surface area contributed by atoms with Gasteiger partial charge in [0, 0.05) is 13.1 Å². The summed E-state index contributed by atoms with van der Waals surface area (Å²) in [7, 11) is 0. The molecule has 1 saturated heterocycles. The lowest BCUT2D eigenvalue weighted by Gasteiger charge is -2.47. The minimum Gasteiger partial charge on any atom is -0.369 e. The molecule has 1 aliphatic carbocycles. The lowest BCUT2D eigenvalue weighted by atomic mass is 9.73. The van der Waals surface area contributed by atoms with E-state index in [1.54, 1.807) is 0 Å². The maximum atomic E-state index is 6.38. The Morgan fingerprint density at radius 3 is 2.94 bits per heavy atom. The summed E-state index contributed by atoms with van der Waals surface area (Å²) in [6, 6.07) is 0. The maximum Gasteiger partial charge on any atom is 0.0813 e. The Hall–Kier alpha value is -0.0800. The summed E-state index contributed by atoms with van der Waals surface area (Å²) >= 11 is 0. The van der Waals surface area contributed by atoms with Crippen LogP contribution in [0.2, 0.25) is 0 Å². The van der Waals surface area contributed by atoms with Crippen molar-refractivity contribution in [1.29, 1.82) is 0 Å². The van der Waals surface area contributed by atoms with Crippen LogP contribution >= 0.6 is 0 Å². The smallest absolute Gasteiger partial charge is 0.0813 e. The number of ether oxygens (including phenoxy) is 1. The van der Waals surface area contributed by atoms with Crippen molar-refractivity contribution in [3.63, 3.8) is 0 Å². The van der Waals surface area contributed by atoms with Crippen molar-refractivity contribution in [2.24, 2.45) is 11.8 Å². The largest absolute Gasteiger partial charge is 0.369 e.